The molecule has 4 rings (SSSR count). The Hall–Kier alpha value is -2.88. The first-order valence-electron chi connectivity index (χ1n) is 10.6. The van der Waals surface area contributed by atoms with Crippen molar-refractivity contribution in [2.24, 2.45) is 5.92 Å². The molecule has 1 fully saturated rings. The first-order chi connectivity index (χ1) is 15.4. The molecule has 3 heterocycles. The minimum absolute atomic E-state index is 0.142. The highest BCUT2D eigenvalue weighted by Crippen LogP contribution is 2.28. The van der Waals surface area contributed by atoms with Crippen molar-refractivity contribution in [3.63, 3.8) is 0 Å². The fourth-order valence-corrected chi connectivity index (χ4v) is 4.99. The van der Waals surface area contributed by atoms with Crippen LogP contribution in [0.3, 0.4) is 0 Å². The zero-order valence-electron chi connectivity index (χ0n) is 18.1. The van der Waals surface area contributed by atoms with E-state index in [-0.39, 0.29) is 16.7 Å². The van der Waals surface area contributed by atoms with Gasteiger partial charge in [0.2, 0.25) is 10.0 Å². The Bertz CT molecular complexity index is 1220. The summed E-state index contributed by atoms with van der Waals surface area (Å²) in [6.45, 7) is 5.89. The van der Waals surface area contributed by atoms with Crippen LogP contribution in [0.4, 0.5) is 0 Å². The van der Waals surface area contributed by atoms with E-state index in [1.807, 2.05) is 26.0 Å². The summed E-state index contributed by atoms with van der Waals surface area (Å²) in [5.41, 5.74) is 2.39. The number of ether oxygens (including phenoxy) is 1. The molecule has 0 spiro atoms. The summed E-state index contributed by atoms with van der Waals surface area (Å²) >= 11 is 0. The van der Waals surface area contributed by atoms with E-state index in [0.717, 1.165) is 5.56 Å². The van der Waals surface area contributed by atoms with Crippen molar-refractivity contribution in [3.05, 3.63) is 54.4 Å². The average Bonchev–Trinajstić information content (AvgIpc) is 2.82. The number of hydrogen-bond donors (Lipinski definition) is 1. The number of nitrogens with zero attached hydrogens (tertiary/aromatic N) is 3. The van der Waals surface area contributed by atoms with E-state index < -0.39 is 10.0 Å². The van der Waals surface area contributed by atoms with Gasteiger partial charge in [-0.25, -0.2) is 13.4 Å². The second-order valence-corrected chi connectivity index (χ2v) is 10.0. The number of amides is 1. The number of benzene rings is 1. The molecule has 1 amide bonds. The Morgan fingerprint density at radius 3 is 2.53 bits per heavy atom. The van der Waals surface area contributed by atoms with Crippen LogP contribution in [0, 0.1) is 5.92 Å². The maximum absolute atomic E-state index is 13.2. The van der Waals surface area contributed by atoms with Crippen LogP contribution in [-0.2, 0) is 14.8 Å². The van der Waals surface area contributed by atoms with E-state index in [1.165, 1.54) is 4.31 Å². The van der Waals surface area contributed by atoms with Crippen LogP contribution in [0.15, 0.2) is 53.7 Å². The number of aromatic nitrogens is 2. The summed E-state index contributed by atoms with van der Waals surface area (Å²) < 4.78 is 33.0. The van der Waals surface area contributed by atoms with Crippen LogP contribution in [0.5, 0.6) is 0 Å². The molecule has 0 unspecified atom stereocenters. The van der Waals surface area contributed by atoms with Crippen molar-refractivity contribution in [2.75, 3.05) is 32.8 Å². The molecule has 32 heavy (non-hydrogen) atoms. The molecule has 8 nitrogen and oxygen atoms in total. The van der Waals surface area contributed by atoms with Crippen LogP contribution in [-0.4, -0.2) is 61.4 Å². The number of hydrogen-bond acceptors (Lipinski definition) is 6. The summed E-state index contributed by atoms with van der Waals surface area (Å²) in [6.07, 6.45) is 3.33. The van der Waals surface area contributed by atoms with Crippen LogP contribution in [0.2, 0.25) is 0 Å². The first-order valence-corrected chi connectivity index (χ1v) is 12.0. The van der Waals surface area contributed by atoms with E-state index in [4.69, 9.17) is 4.74 Å². The lowest BCUT2D eigenvalue weighted by Gasteiger charge is -2.26. The Morgan fingerprint density at radius 1 is 1.12 bits per heavy atom. The third-order valence-corrected chi connectivity index (χ3v) is 7.17. The van der Waals surface area contributed by atoms with Gasteiger partial charge in [0, 0.05) is 43.0 Å². The second kappa shape index (κ2) is 9.32. The Labute approximate surface area is 187 Å². The van der Waals surface area contributed by atoms with E-state index >= 15 is 0 Å². The van der Waals surface area contributed by atoms with Gasteiger partial charge in [0.25, 0.3) is 5.91 Å². The average molecular weight is 455 g/mol. The minimum atomic E-state index is -3.70. The van der Waals surface area contributed by atoms with Crippen LogP contribution < -0.4 is 5.32 Å². The summed E-state index contributed by atoms with van der Waals surface area (Å²) in [5, 5.41) is 3.43. The highest BCUT2D eigenvalue weighted by molar-refractivity contribution is 7.89. The Kier molecular flexibility index (Phi) is 6.50. The first kappa shape index (κ1) is 22.3. The maximum Gasteiger partial charge on any atom is 0.252 e. The molecule has 1 N–H and O–H groups in total. The SMILES string of the molecule is CC(C)CNC(=O)c1cc(-c2ccncc2)nc2ccc(S(=O)(=O)N3CCOCC3)cc12. The topological polar surface area (TPSA) is 101 Å². The van der Waals surface area contributed by atoms with Crippen molar-refractivity contribution in [3.8, 4) is 11.3 Å². The van der Waals surface area contributed by atoms with E-state index in [9.17, 15) is 13.2 Å². The number of pyridine rings is 2. The largest absolute Gasteiger partial charge is 0.379 e. The molecule has 3 aromatic rings. The highest BCUT2D eigenvalue weighted by atomic mass is 32.2. The van der Waals surface area contributed by atoms with Gasteiger partial charge in [0.05, 0.1) is 34.9 Å². The molecule has 0 bridgehead atoms. The number of carbonyl (C=O) groups is 1. The summed E-state index contributed by atoms with van der Waals surface area (Å²) in [6, 6.07) is 10.1. The number of nitrogens with one attached hydrogen (secondary N) is 1. The number of morpholine rings is 1. The van der Waals surface area contributed by atoms with Crippen LogP contribution in [0.1, 0.15) is 24.2 Å². The molecule has 9 heteroatoms. The Balaban J connectivity index is 1.83. The lowest BCUT2D eigenvalue weighted by molar-refractivity contribution is 0.0730. The van der Waals surface area contributed by atoms with E-state index in [0.29, 0.717) is 55.0 Å². The van der Waals surface area contributed by atoms with Gasteiger partial charge in [-0.05, 0) is 42.3 Å². The molecule has 2 aromatic heterocycles. The third-order valence-electron chi connectivity index (χ3n) is 5.28. The molecule has 1 aliphatic heterocycles. The summed E-state index contributed by atoms with van der Waals surface area (Å²) in [5.74, 6) is 0.0197. The van der Waals surface area contributed by atoms with Crippen LogP contribution in [0.25, 0.3) is 22.2 Å². The number of sulfonamides is 1. The van der Waals surface area contributed by atoms with Gasteiger partial charge in [0.1, 0.15) is 0 Å². The number of rotatable bonds is 6. The van der Waals surface area contributed by atoms with Gasteiger partial charge < -0.3 is 10.1 Å². The maximum atomic E-state index is 13.2. The fourth-order valence-electron chi connectivity index (χ4n) is 3.55. The predicted octanol–water partition coefficient (Wildman–Crippen LogP) is 2.70. The highest BCUT2D eigenvalue weighted by Gasteiger charge is 2.27. The molecular formula is C23H26N4O4S. The quantitative estimate of drug-likeness (QED) is 0.615. The normalized spacial score (nSPS) is 15.2. The molecule has 1 aliphatic rings. The zero-order valence-corrected chi connectivity index (χ0v) is 18.9. The summed E-state index contributed by atoms with van der Waals surface area (Å²) in [7, 11) is -3.70. The monoisotopic (exact) mass is 454 g/mol. The molecule has 168 valence electrons. The molecular weight excluding hydrogens is 428 g/mol. The lowest BCUT2D eigenvalue weighted by atomic mass is 10.0. The van der Waals surface area contributed by atoms with Gasteiger partial charge in [0.15, 0.2) is 0 Å². The molecule has 1 saturated heterocycles. The van der Waals surface area contributed by atoms with Gasteiger partial charge >= 0.3 is 0 Å². The molecule has 0 saturated carbocycles. The van der Waals surface area contributed by atoms with Crippen molar-refractivity contribution in [1.82, 2.24) is 19.6 Å². The Morgan fingerprint density at radius 2 is 1.84 bits per heavy atom. The van der Waals surface area contributed by atoms with E-state index in [1.54, 1.807) is 36.7 Å². The standard InChI is InChI=1S/C23H26N4O4S/c1-16(2)15-25-23(28)20-14-22(17-5-7-24-8-6-17)26-21-4-3-18(13-19(20)21)32(29,30)27-9-11-31-12-10-27/h3-8,13-14,16H,9-12,15H2,1-2H3,(H,25,28). The lowest BCUT2D eigenvalue weighted by Crippen LogP contribution is -2.40. The molecule has 0 aliphatic carbocycles. The number of fused-ring (bicyclic) bond motifs is 1. The second-order valence-electron chi connectivity index (χ2n) is 8.09. The third kappa shape index (κ3) is 4.64. The molecule has 0 radical (unpaired) electrons. The minimum Gasteiger partial charge on any atom is -0.379 e. The smallest absolute Gasteiger partial charge is 0.252 e. The van der Waals surface area contributed by atoms with Crippen molar-refractivity contribution >= 4 is 26.8 Å². The van der Waals surface area contributed by atoms with Crippen molar-refractivity contribution in [1.29, 1.82) is 0 Å². The fraction of sp³-hybridized carbons (Fsp3) is 0.348. The zero-order chi connectivity index (χ0) is 22.7. The molecule has 1 aromatic carbocycles. The van der Waals surface area contributed by atoms with Crippen molar-refractivity contribution in [2.45, 2.75) is 18.7 Å². The van der Waals surface area contributed by atoms with E-state index in [2.05, 4.69) is 15.3 Å². The van der Waals surface area contributed by atoms with Gasteiger partial charge in [-0.3, -0.25) is 9.78 Å². The summed E-state index contributed by atoms with van der Waals surface area (Å²) in [4.78, 5) is 21.9. The predicted molar refractivity (Wildman–Crippen MR) is 122 cm³/mol. The molecule has 0 atom stereocenters. The van der Waals surface area contributed by atoms with Gasteiger partial charge in [-0.2, -0.15) is 4.31 Å². The van der Waals surface area contributed by atoms with Crippen LogP contribution >= 0.6 is 0 Å². The van der Waals surface area contributed by atoms with Gasteiger partial charge in [-0.1, -0.05) is 13.8 Å². The number of carbonyl (C=O) groups excluding carboxylic acids is 1. The van der Waals surface area contributed by atoms with Crippen molar-refractivity contribution < 1.29 is 17.9 Å². The van der Waals surface area contributed by atoms with Gasteiger partial charge in [-0.15, -0.1) is 0 Å².